The molecular weight excluding hydrogens is 558 g/mol. The van der Waals surface area contributed by atoms with Crippen LogP contribution >= 0.6 is 0 Å². The molecule has 2 aromatic rings. The van der Waals surface area contributed by atoms with Gasteiger partial charge in [-0.15, -0.1) is 0 Å². The van der Waals surface area contributed by atoms with Gasteiger partial charge in [0.1, 0.15) is 5.82 Å². The molecule has 0 aromatic heterocycles. The van der Waals surface area contributed by atoms with E-state index in [1.165, 1.54) is 31.9 Å². The van der Waals surface area contributed by atoms with E-state index in [4.69, 9.17) is 0 Å². The molecule has 43 heavy (non-hydrogen) atoms. The van der Waals surface area contributed by atoms with Crippen molar-refractivity contribution in [1.29, 1.82) is 0 Å². The summed E-state index contributed by atoms with van der Waals surface area (Å²) in [5.74, 6) is -1.69. The van der Waals surface area contributed by atoms with Crippen LogP contribution in [0.1, 0.15) is 85.8 Å². The zero-order valence-electron chi connectivity index (χ0n) is 24.6. The third-order valence-corrected chi connectivity index (χ3v) is 9.05. The van der Waals surface area contributed by atoms with Gasteiger partial charge in [0.15, 0.2) is 0 Å². The molecule has 1 saturated heterocycles. The molecule has 3 atom stereocenters. The number of aryl methyl sites for hydroxylation is 1. The summed E-state index contributed by atoms with van der Waals surface area (Å²) in [7, 11) is 0. The molecule has 2 aromatic carbocycles. The minimum absolute atomic E-state index is 0.0197. The number of amides is 2. The highest BCUT2D eigenvalue weighted by Gasteiger charge is 2.40. The average Bonchev–Trinajstić information content (AvgIpc) is 3.47. The first-order valence-corrected chi connectivity index (χ1v) is 15.2. The topological polar surface area (TPSA) is 61.4 Å². The molecule has 0 radical (unpaired) electrons. The van der Waals surface area contributed by atoms with E-state index in [0.717, 1.165) is 24.1 Å². The molecule has 1 heterocycles. The molecule has 230 valence electrons. The highest BCUT2D eigenvalue weighted by molar-refractivity contribution is 5.96. The molecule has 9 heteroatoms. The number of nitrogens with one attached hydrogen (secondary N) is 2. The van der Waals surface area contributed by atoms with Crippen molar-refractivity contribution in [2.45, 2.75) is 89.5 Å². The molecule has 2 N–H and O–H groups in total. The second-order valence-electron chi connectivity index (χ2n) is 12.1. The van der Waals surface area contributed by atoms with Crippen molar-refractivity contribution in [2.75, 3.05) is 11.9 Å². The number of alkyl halides is 3. The van der Waals surface area contributed by atoms with Crippen LogP contribution < -0.4 is 10.6 Å². The number of hydrogen-bond donors (Lipinski definition) is 2. The number of allylic oxidation sites excluding steroid dienone is 2. The van der Waals surface area contributed by atoms with Crippen LogP contribution in [-0.2, 0) is 4.79 Å². The van der Waals surface area contributed by atoms with Crippen LogP contribution in [0.5, 0.6) is 0 Å². The first-order valence-electron chi connectivity index (χ1n) is 15.2. The highest BCUT2D eigenvalue weighted by Crippen LogP contribution is 2.40. The third kappa shape index (κ3) is 7.13. The Balaban J connectivity index is 1.38. The van der Waals surface area contributed by atoms with Crippen LogP contribution in [0, 0.1) is 18.7 Å². The summed E-state index contributed by atoms with van der Waals surface area (Å²) < 4.78 is 55.4. The van der Waals surface area contributed by atoms with E-state index in [1.807, 2.05) is 24.3 Å². The van der Waals surface area contributed by atoms with Gasteiger partial charge >= 0.3 is 6.18 Å². The molecule has 2 amide bonds. The molecule has 2 fully saturated rings. The molecule has 2 aliphatic carbocycles. The zero-order chi connectivity index (χ0) is 30.7. The van der Waals surface area contributed by atoms with Crippen molar-refractivity contribution in [3.63, 3.8) is 0 Å². The Morgan fingerprint density at radius 2 is 1.70 bits per heavy atom. The van der Waals surface area contributed by atoms with Crippen LogP contribution in [0.4, 0.5) is 23.2 Å². The van der Waals surface area contributed by atoms with Crippen LogP contribution in [0.15, 0.2) is 65.8 Å². The van der Waals surface area contributed by atoms with E-state index >= 15 is 0 Å². The van der Waals surface area contributed by atoms with Gasteiger partial charge in [-0.05, 0) is 80.3 Å². The lowest BCUT2D eigenvalue weighted by atomic mass is 9.81. The van der Waals surface area contributed by atoms with E-state index in [1.54, 1.807) is 30.0 Å². The monoisotopic (exact) mass is 597 g/mol. The molecule has 5 nitrogen and oxygen atoms in total. The maximum atomic E-state index is 14.9. The van der Waals surface area contributed by atoms with Gasteiger partial charge in [0.2, 0.25) is 5.91 Å². The minimum Gasteiger partial charge on any atom is -0.382 e. The molecule has 0 bridgehead atoms. The smallest absolute Gasteiger partial charge is 0.382 e. The Hall–Kier alpha value is -3.62. The Labute approximate surface area is 250 Å². The third-order valence-electron chi connectivity index (χ3n) is 9.05. The number of anilines is 1. The standard InChI is InChI=1S/C34H39F4N3O2/c1-21-12-15-27(20-28(21)34(36,37)38)40-30(42)19-24-8-6-18-41(33(43)31-22(2)7-5-11-29(31)35)32(24)23-13-16-26(17-14-23)39-25-9-3-4-10-25/h5,7,11-17,24-25,27,32,39H,3-4,6,8-10,18-20H2,1-2H3,(H,40,42)/t24?,27?,32-/m0/s1. The number of benzene rings is 2. The lowest BCUT2D eigenvalue weighted by molar-refractivity contribution is -0.123. The molecule has 5 rings (SSSR count). The summed E-state index contributed by atoms with van der Waals surface area (Å²) in [6, 6.07) is 11.6. The van der Waals surface area contributed by atoms with Crippen molar-refractivity contribution in [1.82, 2.24) is 10.2 Å². The summed E-state index contributed by atoms with van der Waals surface area (Å²) >= 11 is 0. The number of likely N-dealkylation sites (tertiary alicyclic amines) is 1. The Bertz CT molecular complexity index is 1370. The van der Waals surface area contributed by atoms with Crippen molar-refractivity contribution in [3.8, 4) is 0 Å². The number of carbonyl (C=O) groups is 2. The maximum Gasteiger partial charge on any atom is 0.413 e. The van der Waals surface area contributed by atoms with E-state index in [9.17, 15) is 27.2 Å². The van der Waals surface area contributed by atoms with Gasteiger partial charge in [0, 0.05) is 36.7 Å². The van der Waals surface area contributed by atoms with Crippen molar-refractivity contribution >= 4 is 17.5 Å². The first-order chi connectivity index (χ1) is 20.5. The summed E-state index contributed by atoms with van der Waals surface area (Å²) in [4.78, 5) is 28.8. The normalized spacial score (nSPS) is 23.0. The van der Waals surface area contributed by atoms with Gasteiger partial charge in [-0.2, -0.15) is 13.2 Å². The van der Waals surface area contributed by atoms with E-state index < -0.39 is 35.6 Å². The molecule has 1 saturated carbocycles. The van der Waals surface area contributed by atoms with Crippen LogP contribution in [0.3, 0.4) is 0 Å². The van der Waals surface area contributed by atoms with Crippen molar-refractivity contribution < 1.29 is 27.2 Å². The van der Waals surface area contributed by atoms with Crippen molar-refractivity contribution in [2.24, 2.45) is 5.92 Å². The molecule has 1 aliphatic heterocycles. The molecule has 0 spiro atoms. The van der Waals surface area contributed by atoms with E-state index in [2.05, 4.69) is 10.6 Å². The summed E-state index contributed by atoms with van der Waals surface area (Å²) in [6.45, 7) is 3.52. The molecular formula is C34H39F4N3O2. The largest absolute Gasteiger partial charge is 0.413 e. The zero-order valence-corrected chi connectivity index (χ0v) is 24.6. The van der Waals surface area contributed by atoms with Gasteiger partial charge in [-0.3, -0.25) is 9.59 Å². The van der Waals surface area contributed by atoms with Gasteiger partial charge in [0.05, 0.1) is 17.6 Å². The number of rotatable bonds is 7. The lowest BCUT2D eigenvalue weighted by Gasteiger charge is -2.42. The average molecular weight is 598 g/mol. The SMILES string of the molecule is CC1=C(C(F)(F)F)CC(NC(=O)CC2CCCN(C(=O)c3c(C)cccc3F)[C@H]2c2ccc(NC3CCCC3)cc2)C=C1. The van der Waals surface area contributed by atoms with Crippen LogP contribution in [-0.4, -0.2) is 41.5 Å². The number of halogens is 4. The fourth-order valence-corrected chi connectivity index (χ4v) is 6.85. The van der Waals surface area contributed by atoms with E-state index in [0.29, 0.717) is 31.0 Å². The number of carbonyl (C=O) groups excluding carboxylic acids is 2. The Morgan fingerprint density at radius 1 is 0.977 bits per heavy atom. The summed E-state index contributed by atoms with van der Waals surface area (Å²) in [6.07, 6.45) is 4.18. The fraction of sp³-hybridized carbons (Fsp3) is 0.471. The van der Waals surface area contributed by atoms with Gasteiger partial charge < -0.3 is 15.5 Å². The second-order valence-corrected chi connectivity index (χ2v) is 12.1. The fourth-order valence-electron chi connectivity index (χ4n) is 6.85. The van der Waals surface area contributed by atoms with Crippen LogP contribution in [0.2, 0.25) is 0 Å². The van der Waals surface area contributed by atoms with E-state index in [-0.39, 0.29) is 35.8 Å². The quantitative estimate of drug-likeness (QED) is 0.320. The lowest BCUT2D eigenvalue weighted by Crippen LogP contribution is -2.45. The number of hydrogen-bond acceptors (Lipinski definition) is 3. The summed E-state index contributed by atoms with van der Waals surface area (Å²) in [5, 5.41) is 6.34. The Morgan fingerprint density at radius 3 is 2.37 bits per heavy atom. The summed E-state index contributed by atoms with van der Waals surface area (Å²) in [5.41, 5.74) is 1.88. The highest BCUT2D eigenvalue weighted by atomic mass is 19.4. The predicted octanol–water partition coefficient (Wildman–Crippen LogP) is 7.80. The van der Waals surface area contributed by atoms with Crippen LogP contribution in [0.25, 0.3) is 0 Å². The first kappa shape index (κ1) is 30.8. The second kappa shape index (κ2) is 12.9. The minimum atomic E-state index is -4.46. The molecule has 3 aliphatic rings. The van der Waals surface area contributed by atoms with Gasteiger partial charge in [-0.1, -0.05) is 49.3 Å². The van der Waals surface area contributed by atoms with Gasteiger partial charge in [-0.25, -0.2) is 4.39 Å². The maximum absolute atomic E-state index is 14.9. The number of piperidine rings is 1. The molecule has 2 unspecified atom stereocenters. The van der Waals surface area contributed by atoms with Crippen molar-refractivity contribution in [3.05, 3.63) is 88.3 Å². The predicted molar refractivity (Wildman–Crippen MR) is 159 cm³/mol. The van der Waals surface area contributed by atoms with Gasteiger partial charge in [0.25, 0.3) is 5.91 Å². The number of nitrogens with zero attached hydrogens (tertiary/aromatic N) is 1. The Kier molecular flexibility index (Phi) is 9.28.